The van der Waals surface area contributed by atoms with Gasteiger partial charge in [-0.1, -0.05) is 6.92 Å². The molecule has 5 nitrogen and oxygen atoms in total. The molecular formula is C11H19FN4O. The Bertz CT molecular complexity index is 368. The highest BCUT2D eigenvalue weighted by Gasteiger charge is 2.23. The zero-order valence-electron chi connectivity index (χ0n) is 10.4. The molecule has 0 saturated heterocycles. The van der Waals surface area contributed by atoms with E-state index in [4.69, 9.17) is 0 Å². The minimum Gasteiger partial charge on any atom is -0.394 e. The van der Waals surface area contributed by atoms with Crippen LogP contribution in [0.15, 0.2) is 6.20 Å². The minimum absolute atomic E-state index is 0.0938. The molecule has 96 valence electrons. The SMILES string of the molecule is CCNc1ncc(F)c(NC(C)(CC)CO)n1. The molecule has 1 atom stereocenters. The second-order valence-electron chi connectivity index (χ2n) is 4.12. The number of aliphatic hydroxyl groups is 1. The molecule has 1 unspecified atom stereocenters. The molecule has 0 aromatic carbocycles. The van der Waals surface area contributed by atoms with Gasteiger partial charge in [-0.3, -0.25) is 0 Å². The average molecular weight is 242 g/mol. The molecule has 0 bridgehead atoms. The molecule has 0 saturated carbocycles. The number of halogens is 1. The first-order valence-electron chi connectivity index (χ1n) is 5.70. The molecule has 1 aromatic rings. The van der Waals surface area contributed by atoms with E-state index in [0.29, 0.717) is 18.9 Å². The molecule has 1 heterocycles. The van der Waals surface area contributed by atoms with Crippen LogP contribution in [0.25, 0.3) is 0 Å². The Kier molecular flexibility index (Phi) is 4.62. The van der Waals surface area contributed by atoms with Gasteiger partial charge in [0.15, 0.2) is 11.6 Å². The predicted octanol–water partition coefficient (Wildman–Crippen LogP) is 1.62. The fourth-order valence-electron chi connectivity index (χ4n) is 1.22. The van der Waals surface area contributed by atoms with Crippen molar-refractivity contribution in [2.45, 2.75) is 32.7 Å². The first-order valence-corrected chi connectivity index (χ1v) is 5.70. The summed E-state index contributed by atoms with van der Waals surface area (Å²) in [5, 5.41) is 15.1. The van der Waals surface area contributed by atoms with Gasteiger partial charge in [0.25, 0.3) is 0 Å². The van der Waals surface area contributed by atoms with Gasteiger partial charge in [0, 0.05) is 6.54 Å². The molecule has 0 aliphatic heterocycles. The molecule has 3 N–H and O–H groups in total. The smallest absolute Gasteiger partial charge is 0.224 e. The van der Waals surface area contributed by atoms with E-state index in [0.717, 1.165) is 6.20 Å². The van der Waals surface area contributed by atoms with Crippen LogP contribution in [0.2, 0.25) is 0 Å². The van der Waals surface area contributed by atoms with E-state index in [1.807, 2.05) is 20.8 Å². The van der Waals surface area contributed by atoms with Crippen molar-refractivity contribution in [1.82, 2.24) is 9.97 Å². The maximum absolute atomic E-state index is 13.5. The van der Waals surface area contributed by atoms with Crippen LogP contribution in [0.4, 0.5) is 16.2 Å². The highest BCUT2D eigenvalue weighted by molar-refractivity contribution is 5.43. The van der Waals surface area contributed by atoms with Crippen molar-refractivity contribution in [1.29, 1.82) is 0 Å². The van der Waals surface area contributed by atoms with E-state index in [-0.39, 0.29) is 12.4 Å². The van der Waals surface area contributed by atoms with Crippen LogP contribution < -0.4 is 10.6 Å². The number of aromatic nitrogens is 2. The lowest BCUT2D eigenvalue weighted by molar-refractivity contribution is 0.218. The summed E-state index contributed by atoms with van der Waals surface area (Å²) >= 11 is 0. The number of hydrogen-bond donors (Lipinski definition) is 3. The quantitative estimate of drug-likeness (QED) is 0.707. The van der Waals surface area contributed by atoms with E-state index < -0.39 is 11.4 Å². The van der Waals surface area contributed by atoms with Crippen molar-refractivity contribution in [2.24, 2.45) is 0 Å². The summed E-state index contributed by atoms with van der Waals surface area (Å²) in [5.74, 6) is -0.0538. The van der Waals surface area contributed by atoms with Crippen molar-refractivity contribution in [2.75, 3.05) is 23.8 Å². The van der Waals surface area contributed by atoms with Crippen molar-refractivity contribution in [3.8, 4) is 0 Å². The molecule has 1 rings (SSSR count). The minimum atomic E-state index is -0.585. The maximum Gasteiger partial charge on any atom is 0.224 e. The number of nitrogens with zero attached hydrogens (tertiary/aromatic N) is 2. The van der Waals surface area contributed by atoms with Gasteiger partial charge in [0.05, 0.1) is 18.3 Å². The van der Waals surface area contributed by atoms with E-state index in [1.165, 1.54) is 0 Å². The van der Waals surface area contributed by atoms with Crippen molar-refractivity contribution < 1.29 is 9.50 Å². The Morgan fingerprint density at radius 2 is 2.18 bits per heavy atom. The topological polar surface area (TPSA) is 70.1 Å². The first kappa shape index (κ1) is 13.6. The van der Waals surface area contributed by atoms with Gasteiger partial charge in [-0.2, -0.15) is 4.98 Å². The Labute approximate surface area is 100 Å². The number of hydrogen-bond acceptors (Lipinski definition) is 5. The first-order chi connectivity index (χ1) is 8.04. The van der Waals surface area contributed by atoms with Gasteiger partial charge in [0.1, 0.15) is 0 Å². The van der Waals surface area contributed by atoms with Crippen molar-refractivity contribution >= 4 is 11.8 Å². The summed E-state index contributed by atoms with van der Waals surface area (Å²) in [7, 11) is 0. The van der Waals surface area contributed by atoms with Crippen LogP contribution >= 0.6 is 0 Å². The lowest BCUT2D eigenvalue weighted by atomic mass is 10.0. The number of rotatable bonds is 6. The Morgan fingerprint density at radius 3 is 2.71 bits per heavy atom. The molecule has 6 heteroatoms. The molecule has 0 fully saturated rings. The lowest BCUT2D eigenvalue weighted by Crippen LogP contribution is -2.38. The van der Waals surface area contributed by atoms with Gasteiger partial charge in [0.2, 0.25) is 5.95 Å². The maximum atomic E-state index is 13.5. The third-order valence-corrected chi connectivity index (χ3v) is 2.63. The predicted molar refractivity (Wildman–Crippen MR) is 65.6 cm³/mol. The largest absolute Gasteiger partial charge is 0.394 e. The summed E-state index contributed by atoms with van der Waals surface area (Å²) in [5.41, 5.74) is -0.585. The molecule has 0 aliphatic carbocycles. The molecule has 0 aliphatic rings. The lowest BCUT2D eigenvalue weighted by Gasteiger charge is -2.28. The second-order valence-corrected chi connectivity index (χ2v) is 4.12. The molecular weight excluding hydrogens is 223 g/mol. The molecule has 0 spiro atoms. The fourth-order valence-corrected chi connectivity index (χ4v) is 1.22. The van der Waals surface area contributed by atoms with Crippen LogP contribution in [-0.2, 0) is 0 Å². The van der Waals surface area contributed by atoms with Crippen LogP contribution in [0.3, 0.4) is 0 Å². The average Bonchev–Trinajstić information content (AvgIpc) is 2.33. The Morgan fingerprint density at radius 1 is 1.47 bits per heavy atom. The summed E-state index contributed by atoms with van der Waals surface area (Å²) in [6.07, 6.45) is 1.77. The summed E-state index contributed by atoms with van der Waals surface area (Å²) < 4.78 is 13.5. The monoisotopic (exact) mass is 242 g/mol. The van der Waals surface area contributed by atoms with E-state index in [9.17, 15) is 9.50 Å². The molecule has 0 amide bonds. The highest BCUT2D eigenvalue weighted by atomic mass is 19.1. The number of nitrogens with one attached hydrogen (secondary N) is 2. The Hall–Kier alpha value is -1.43. The third kappa shape index (κ3) is 3.52. The van der Waals surface area contributed by atoms with Gasteiger partial charge >= 0.3 is 0 Å². The van der Waals surface area contributed by atoms with Crippen molar-refractivity contribution in [3.05, 3.63) is 12.0 Å². The van der Waals surface area contributed by atoms with Gasteiger partial charge in [-0.15, -0.1) is 0 Å². The zero-order valence-corrected chi connectivity index (χ0v) is 10.4. The molecule has 0 radical (unpaired) electrons. The Balaban J connectivity index is 2.92. The summed E-state index contributed by atoms with van der Waals surface area (Å²) in [6, 6.07) is 0. The van der Waals surface area contributed by atoms with Crippen LogP contribution in [-0.4, -0.2) is 33.8 Å². The second kappa shape index (κ2) is 5.77. The van der Waals surface area contributed by atoms with Crippen LogP contribution in [0.1, 0.15) is 27.2 Å². The highest BCUT2D eigenvalue weighted by Crippen LogP contribution is 2.19. The third-order valence-electron chi connectivity index (χ3n) is 2.63. The van der Waals surface area contributed by atoms with Gasteiger partial charge in [-0.05, 0) is 20.3 Å². The zero-order chi connectivity index (χ0) is 12.9. The van der Waals surface area contributed by atoms with E-state index in [2.05, 4.69) is 20.6 Å². The van der Waals surface area contributed by atoms with Gasteiger partial charge < -0.3 is 15.7 Å². The molecule has 1 aromatic heterocycles. The molecule has 17 heavy (non-hydrogen) atoms. The van der Waals surface area contributed by atoms with E-state index >= 15 is 0 Å². The summed E-state index contributed by atoms with van der Waals surface area (Å²) in [6.45, 7) is 6.19. The van der Waals surface area contributed by atoms with Crippen LogP contribution in [0.5, 0.6) is 0 Å². The van der Waals surface area contributed by atoms with E-state index in [1.54, 1.807) is 0 Å². The van der Waals surface area contributed by atoms with Crippen LogP contribution in [0, 0.1) is 5.82 Å². The van der Waals surface area contributed by atoms with Gasteiger partial charge in [-0.25, -0.2) is 9.37 Å². The fraction of sp³-hybridized carbons (Fsp3) is 0.636. The van der Waals surface area contributed by atoms with Crippen molar-refractivity contribution in [3.63, 3.8) is 0 Å². The number of aliphatic hydroxyl groups excluding tert-OH is 1. The standard InChI is InChI=1S/C11H19FN4O/c1-4-11(3,7-17)16-9-8(12)6-14-10(15-9)13-5-2/h6,17H,4-5,7H2,1-3H3,(H2,13,14,15,16). The summed E-state index contributed by atoms with van der Waals surface area (Å²) in [4.78, 5) is 7.83. The normalized spacial score (nSPS) is 14.2. The number of anilines is 2.